The molecule has 2 heterocycles. The Morgan fingerprint density at radius 2 is 1.84 bits per heavy atom. The summed E-state index contributed by atoms with van der Waals surface area (Å²) in [5.74, 6) is 3.97. The summed E-state index contributed by atoms with van der Waals surface area (Å²) in [5, 5.41) is 7.62. The lowest BCUT2D eigenvalue weighted by Crippen LogP contribution is -2.28. The van der Waals surface area contributed by atoms with E-state index in [2.05, 4.69) is 22.4 Å². The summed E-state index contributed by atoms with van der Waals surface area (Å²) in [6.45, 7) is 4.60. The van der Waals surface area contributed by atoms with Crippen LogP contribution in [0.1, 0.15) is 63.1 Å². The second kappa shape index (κ2) is 6.04. The minimum atomic E-state index is 0.543. The van der Waals surface area contributed by atoms with Gasteiger partial charge in [-0.2, -0.15) is 4.98 Å². The van der Waals surface area contributed by atoms with Gasteiger partial charge in [0.25, 0.3) is 0 Å². The summed E-state index contributed by atoms with van der Waals surface area (Å²) in [7, 11) is 0. The maximum absolute atomic E-state index is 5.47. The molecule has 0 amide bonds. The van der Waals surface area contributed by atoms with E-state index in [1.165, 1.54) is 38.5 Å². The van der Waals surface area contributed by atoms with Crippen molar-refractivity contribution in [3.8, 4) is 0 Å². The Labute approximate surface area is 115 Å². The van der Waals surface area contributed by atoms with Crippen LogP contribution in [0.15, 0.2) is 4.52 Å². The second-order valence-corrected chi connectivity index (χ2v) is 6.40. The molecule has 0 radical (unpaired) electrons. The fourth-order valence-corrected chi connectivity index (χ4v) is 3.37. The molecule has 0 bridgehead atoms. The fraction of sp³-hybridized carbons (Fsp3) is 0.867. The van der Waals surface area contributed by atoms with Gasteiger partial charge in [-0.25, -0.2) is 0 Å². The van der Waals surface area contributed by atoms with Gasteiger partial charge in [0.05, 0.1) is 0 Å². The molecule has 19 heavy (non-hydrogen) atoms. The van der Waals surface area contributed by atoms with Crippen LogP contribution in [0.5, 0.6) is 0 Å². The van der Waals surface area contributed by atoms with Crippen molar-refractivity contribution in [1.82, 2.24) is 15.5 Å². The topological polar surface area (TPSA) is 51.0 Å². The average molecular weight is 263 g/mol. The minimum absolute atomic E-state index is 0.543. The zero-order chi connectivity index (χ0) is 13.1. The van der Waals surface area contributed by atoms with Crippen molar-refractivity contribution < 1.29 is 4.52 Å². The molecular weight excluding hydrogens is 238 g/mol. The monoisotopic (exact) mass is 263 g/mol. The Balaban J connectivity index is 1.56. The smallest absolute Gasteiger partial charge is 0.226 e. The molecule has 2 aliphatic rings. The maximum atomic E-state index is 5.47. The third-order valence-corrected chi connectivity index (χ3v) is 4.79. The molecular formula is C15H25N3O. The zero-order valence-corrected chi connectivity index (χ0v) is 11.9. The average Bonchev–Trinajstić information content (AvgIpc) is 2.89. The van der Waals surface area contributed by atoms with E-state index in [-0.39, 0.29) is 0 Å². The molecule has 1 aliphatic carbocycles. The van der Waals surface area contributed by atoms with Gasteiger partial charge in [0, 0.05) is 12.3 Å². The second-order valence-electron chi connectivity index (χ2n) is 6.40. The summed E-state index contributed by atoms with van der Waals surface area (Å²) in [6.07, 6.45) is 8.52. The number of nitrogens with zero attached hydrogens (tertiary/aromatic N) is 2. The van der Waals surface area contributed by atoms with E-state index in [0.29, 0.717) is 5.92 Å². The van der Waals surface area contributed by atoms with E-state index in [4.69, 9.17) is 4.52 Å². The SMILES string of the molecule is CC1CCC(c2noc(CC3CCNCC3)n2)CC1. The van der Waals surface area contributed by atoms with Crippen molar-refractivity contribution in [2.75, 3.05) is 13.1 Å². The molecule has 0 spiro atoms. The summed E-state index contributed by atoms with van der Waals surface area (Å²) in [5.41, 5.74) is 0. The van der Waals surface area contributed by atoms with Crippen LogP contribution in [0.3, 0.4) is 0 Å². The van der Waals surface area contributed by atoms with Gasteiger partial charge in [0.15, 0.2) is 5.82 Å². The molecule has 3 rings (SSSR count). The summed E-state index contributed by atoms with van der Waals surface area (Å²) in [6, 6.07) is 0. The number of hydrogen-bond acceptors (Lipinski definition) is 4. The van der Waals surface area contributed by atoms with Crippen LogP contribution in [0.25, 0.3) is 0 Å². The molecule has 1 saturated heterocycles. The van der Waals surface area contributed by atoms with Crippen LogP contribution >= 0.6 is 0 Å². The van der Waals surface area contributed by atoms with Crippen molar-refractivity contribution in [2.45, 2.75) is 57.8 Å². The van der Waals surface area contributed by atoms with Crippen molar-refractivity contribution in [3.63, 3.8) is 0 Å². The van der Waals surface area contributed by atoms with E-state index >= 15 is 0 Å². The Kier molecular flexibility index (Phi) is 4.16. The van der Waals surface area contributed by atoms with Crippen LogP contribution in [0.2, 0.25) is 0 Å². The third kappa shape index (κ3) is 3.35. The number of rotatable bonds is 3. The fourth-order valence-electron chi connectivity index (χ4n) is 3.37. The molecule has 1 N–H and O–H groups in total. The zero-order valence-electron chi connectivity index (χ0n) is 11.9. The molecule has 0 unspecified atom stereocenters. The standard InChI is InChI=1S/C15H25N3O/c1-11-2-4-13(5-3-11)15-17-14(19-18-15)10-12-6-8-16-9-7-12/h11-13,16H,2-10H2,1H3. The predicted octanol–water partition coefficient (Wildman–Crippen LogP) is 2.91. The third-order valence-electron chi connectivity index (χ3n) is 4.79. The van der Waals surface area contributed by atoms with Gasteiger partial charge in [-0.15, -0.1) is 0 Å². The molecule has 1 aromatic rings. The van der Waals surface area contributed by atoms with Crippen LogP contribution in [-0.4, -0.2) is 23.2 Å². The largest absolute Gasteiger partial charge is 0.339 e. The first-order valence-corrected chi connectivity index (χ1v) is 7.84. The maximum Gasteiger partial charge on any atom is 0.226 e. The number of hydrogen-bond donors (Lipinski definition) is 1. The van der Waals surface area contributed by atoms with Crippen molar-refractivity contribution in [3.05, 3.63) is 11.7 Å². The van der Waals surface area contributed by atoms with Crippen LogP contribution in [0.4, 0.5) is 0 Å². The predicted molar refractivity (Wildman–Crippen MR) is 74.0 cm³/mol. The summed E-state index contributed by atoms with van der Waals surface area (Å²) < 4.78 is 5.47. The van der Waals surface area contributed by atoms with Gasteiger partial charge in [-0.1, -0.05) is 24.9 Å². The van der Waals surface area contributed by atoms with Crippen molar-refractivity contribution in [2.24, 2.45) is 11.8 Å². The van der Waals surface area contributed by atoms with Gasteiger partial charge in [-0.05, 0) is 50.6 Å². The number of nitrogens with one attached hydrogen (secondary N) is 1. The van der Waals surface area contributed by atoms with E-state index in [1.54, 1.807) is 0 Å². The van der Waals surface area contributed by atoms with Crippen molar-refractivity contribution in [1.29, 1.82) is 0 Å². The highest BCUT2D eigenvalue weighted by molar-refractivity contribution is 4.98. The van der Waals surface area contributed by atoms with Crippen LogP contribution in [-0.2, 0) is 6.42 Å². The van der Waals surface area contributed by atoms with E-state index in [9.17, 15) is 0 Å². The highest BCUT2D eigenvalue weighted by Gasteiger charge is 2.24. The van der Waals surface area contributed by atoms with E-state index < -0.39 is 0 Å². The van der Waals surface area contributed by atoms with E-state index in [0.717, 1.165) is 43.1 Å². The molecule has 1 saturated carbocycles. The number of piperidine rings is 1. The molecule has 0 aromatic carbocycles. The van der Waals surface area contributed by atoms with Crippen LogP contribution < -0.4 is 5.32 Å². The van der Waals surface area contributed by atoms with Gasteiger partial charge in [-0.3, -0.25) is 0 Å². The molecule has 106 valence electrons. The molecule has 4 heteroatoms. The Bertz CT molecular complexity index is 390. The minimum Gasteiger partial charge on any atom is -0.339 e. The lowest BCUT2D eigenvalue weighted by Gasteiger charge is -2.23. The lowest BCUT2D eigenvalue weighted by atomic mass is 9.83. The highest BCUT2D eigenvalue weighted by Crippen LogP contribution is 2.34. The molecule has 0 atom stereocenters. The summed E-state index contributed by atoms with van der Waals surface area (Å²) >= 11 is 0. The van der Waals surface area contributed by atoms with Gasteiger partial charge in [0.1, 0.15) is 0 Å². The van der Waals surface area contributed by atoms with Crippen molar-refractivity contribution >= 4 is 0 Å². The lowest BCUT2D eigenvalue weighted by molar-refractivity contribution is 0.304. The normalized spacial score (nSPS) is 29.5. The summed E-state index contributed by atoms with van der Waals surface area (Å²) in [4.78, 5) is 4.65. The highest BCUT2D eigenvalue weighted by atomic mass is 16.5. The molecule has 1 aliphatic heterocycles. The Morgan fingerprint density at radius 3 is 2.58 bits per heavy atom. The van der Waals surface area contributed by atoms with Gasteiger partial charge < -0.3 is 9.84 Å². The molecule has 1 aromatic heterocycles. The Morgan fingerprint density at radius 1 is 1.11 bits per heavy atom. The van der Waals surface area contributed by atoms with Crippen LogP contribution in [0, 0.1) is 11.8 Å². The molecule has 4 nitrogen and oxygen atoms in total. The first kappa shape index (κ1) is 13.1. The quantitative estimate of drug-likeness (QED) is 0.911. The van der Waals surface area contributed by atoms with E-state index in [1.807, 2.05) is 0 Å². The van der Waals surface area contributed by atoms with Gasteiger partial charge in [0.2, 0.25) is 5.89 Å². The Hall–Kier alpha value is -0.900. The number of aromatic nitrogens is 2. The first-order valence-electron chi connectivity index (χ1n) is 7.84. The molecule has 2 fully saturated rings. The first-order chi connectivity index (χ1) is 9.31. The van der Waals surface area contributed by atoms with Gasteiger partial charge >= 0.3 is 0 Å².